The molecule has 2 amide bonds. The van der Waals surface area contributed by atoms with Gasteiger partial charge in [-0.25, -0.2) is 4.79 Å². The summed E-state index contributed by atoms with van der Waals surface area (Å²) >= 11 is 0. The van der Waals surface area contributed by atoms with Gasteiger partial charge in [0.1, 0.15) is 5.76 Å². The van der Waals surface area contributed by atoms with Crippen LogP contribution in [0.5, 0.6) is 11.5 Å². The van der Waals surface area contributed by atoms with E-state index in [9.17, 15) is 4.79 Å². The summed E-state index contributed by atoms with van der Waals surface area (Å²) in [5.74, 6) is 2.03. The van der Waals surface area contributed by atoms with Gasteiger partial charge in [0.05, 0.1) is 26.5 Å². The Morgan fingerprint density at radius 1 is 1.26 bits per heavy atom. The van der Waals surface area contributed by atoms with Crippen LogP contribution >= 0.6 is 0 Å². The summed E-state index contributed by atoms with van der Waals surface area (Å²) in [6.07, 6.45) is 3.51. The minimum Gasteiger partial charge on any atom is -0.493 e. The van der Waals surface area contributed by atoms with E-state index in [0.717, 1.165) is 18.6 Å². The molecule has 6 heteroatoms. The van der Waals surface area contributed by atoms with Crippen molar-refractivity contribution >= 4 is 11.7 Å². The fourth-order valence-electron chi connectivity index (χ4n) is 2.90. The van der Waals surface area contributed by atoms with Gasteiger partial charge in [0, 0.05) is 18.3 Å². The lowest BCUT2D eigenvalue weighted by atomic mass is 10.2. The number of hydrogen-bond acceptors (Lipinski definition) is 4. The number of anilines is 1. The largest absolute Gasteiger partial charge is 0.493 e. The van der Waals surface area contributed by atoms with Crippen LogP contribution in [0.15, 0.2) is 41.0 Å². The molecule has 122 valence electrons. The monoisotopic (exact) mass is 316 g/mol. The summed E-state index contributed by atoms with van der Waals surface area (Å²) in [5, 5.41) is 2.91. The number of nitrogens with one attached hydrogen (secondary N) is 1. The molecule has 2 heterocycles. The van der Waals surface area contributed by atoms with Crippen LogP contribution < -0.4 is 14.8 Å². The molecule has 0 aliphatic carbocycles. The van der Waals surface area contributed by atoms with E-state index in [0.29, 0.717) is 23.7 Å². The van der Waals surface area contributed by atoms with Crippen molar-refractivity contribution in [2.45, 2.75) is 18.9 Å². The van der Waals surface area contributed by atoms with E-state index < -0.39 is 0 Å². The first-order valence-corrected chi connectivity index (χ1v) is 7.56. The summed E-state index contributed by atoms with van der Waals surface area (Å²) in [5.41, 5.74) is 0.665. The van der Waals surface area contributed by atoms with Crippen molar-refractivity contribution in [3.8, 4) is 11.5 Å². The first kappa shape index (κ1) is 15.3. The number of furan rings is 1. The van der Waals surface area contributed by atoms with Crippen LogP contribution in [0.25, 0.3) is 0 Å². The lowest BCUT2D eigenvalue weighted by molar-refractivity contribution is 0.200. The Morgan fingerprint density at radius 2 is 2.09 bits per heavy atom. The van der Waals surface area contributed by atoms with Gasteiger partial charge < -0.3 is 24.1 Å². The number of carbonyl (C=O) groups is 1. The molecular weight excluding hydrogens is 296 g/mol. The number of likely N-dealkylation sites (tertiary alicyclic amines) is 1. The summed E-state index contributed by atoms with van der Waals surface area (Å²) in [6.45, 7) is 0.713. The van der Waals surface area contributed by atoms with Gasteiger partial charge >= 0.3 is 6.03 Å². The minimum atomic E-state index is -0.142. The Labute approximate surface area is 135 Å². The van der Waals surface area contributed by atoms with Crippen LogP contribution in [-0.2, 0) is 0 Å². The predicted molar refractivity (Wildman–Crippen MR) is 86.0 cm³/mol. The molecule has 1 saturated heterocycles. The Morgan fingerprint density at radius 3 is 2.78 bits per heavy atom. The maximum Gasteiger partial charge on any atom is 0.322 e. The van der Waals surface area contributed by atoms with Crippen molar-refractivity contribution in [1.82, 2.24) is 4.90 Å². The molecule has 1 atom stereocenters. The number of methoxy groups -OCH3 is 2. The molecule has 0 radical (unpaired) electrons. The van der Waals surface area contributed by atoms with E-state index >= 15 is 0 Å². The second-order valence-electron chi connectivity index (χ2n) is 5.37. The number of carbonyl (C=O) groups excluding carboxylic acids is 1. The summed E-state index contributed by atoms with van der Waals surface area (Å²) in [4.78, 5) is 14.4. The molecule has 6 nitrogen and oxygen atoms in total. The Balaban J connectivity index is 1.74. The van der Waals surface area contributed by atoms with Gasteiger partial charge in [-0.15, -0.1) is 0 Å². The van der Waals surface area contributed by atoms with Crippen LogP contribution in [0.2, 0.25) is 0 Å². The zero-order valence-corrected chi connectivity index (χ0v) is 13.2. The Kier molecular flexibility index (Phi) is 4.41. The second-order valence-corrected chi connectivity index (χ2v) is 5.37. The zero-order valence-electron chi connectivity index (χ0n) is 13.2. The van der Waals surface area contributed by atoms with Crippen molar-refractivity contribution in [3.05, 3.63) is 42.4 Å². The van der Waals surface area contributed by atoms with Gasteiger partial charge in [-0.1, -0.05) is 0 Å². The molecule has 0 saturated carbocycles. The maximum absolute atomic E-state index is 12.6. The first-order valence-electron chi connectivity index (χ1n) is 7.56. The highest BCUT2D eigenvalue weighted by Gasteiger charge is 2.31. The molecule has 1 N–H and O–H groups in total. The number of rotatable bonds is 4. The topological polar surface area (TPSA) is 63.9 Å². The Bertz CT molecular complexity index is 669. The number of urea groups is 1. The van der Waals surface area contributed by atoms with Crippen molar-refractivity contribution in [2.24, 2.45) is 0 Å². The third-order valence-electron chi connectivity index (χ3n) is 4.02. The van der Waals surface area contributed by atoms with Crippen LogP contribution in [0.4, 0.5) is 10.5 Å². The fourth-order valence-corrected chi connectivity index (χ4v) is 2.90. The predicted octanol–water partition coefficient (Wildman–Crippen LogP) is 3.67. The van der Waals surface area contributed by atoms with Crippen LogP contribution in [0, 0.1) is 0 Å². The van der Waals surface area contributed by atoms with Gasteiger partial charge in [-0.05, 0) is 37.1 Å². The van der Waals surface area contributed by atoms with Gasteiger partial charge in [0.2, 0.25) is 0 Å². The smallest absolute Gasteiger partial charge is 0.322 e. The number of benzene rings is 1. The van der Waals surface area contributed by atoms with Gasteiger partial charge in [0.15, 0.2) is 11.5 Å². The molecule has 23 heavy (non-hydrogen) atoms. The number of nitrogens with zero attached hydrogens (tertiary/aromatic N) is 1. The Hall–Kier alpha value is -2.63. The zero-order chi connectivity index (χ0) is 16.2. The van der Waals surface area contributed by atoms with E-state index in [-0.39, 0.29) is 12.1 Å². The standard InChI is InChI=1S/C17H20N2O4/c1-21-15-8-7-12(11-16(15)22-2)18-17(20)19-9-3-5-13(19)14-6-4-10-23-14/h4,6-8,10-11,13H,3,5,9H2,1-2H3,(H,18,20)/t13-/m0/s1. The lowest BCUT2D eigenvalue weighted by Crippen LogP contribution is -2.34. The molecular formula is C17H20N2O4. The van der Waals surface area contributed by atoms with E-state index in [1.165, 1.54) is 0 Å². The normalized spacial score (nSPS) is 17.1. The molecule has 1 fully saturated rings. The van der Waals surface area contributed by atoms with Crippen LogP contribution in [0.3, 0.4) is 0 Å². The lowest BCUT2D eigenvalue weighted by Gasteiger charge is -2.23. The van der Waals surface area contributed by atoms with Crippen molar-refractivity contribution in [2.75, 3.05) is 26.1 Å². The SMILES string of the molecule is COc1ccc(NC(=O)N2CCC[C@H]2c2ccco2)cc1OC. The number of amides is 2. The fraction of sp³-hybridized carbons (Fsp3) is 0.353. The molecule has 1 aromatic carbocycles. The average Bonchev–Trinajstić information content (AvgIpc) is 3.25. The van der Waals surface area contributed by atoms with E-state index in [1.54, 1.807) is 43.6 Å². The number of hydrogen-bond donors (Lipinski definition) is 1. The molecule has 0 unspecified atom stereocenters. The summed E-state index contributed by atoms with van der Waals surface area (Å²) in [7, 11) is 3.14. The summed E-state index contributed by atoms with van der Waals surface area (Å²) in [6, 6.07) is 8.90. The molecule has 0 bridgehead atoms. The van der Waals surface area contributed by atoms with E-state index in [1.807, 2.05) is 12.1 Å². The second kappa shape index (κ2) is 6.64. The van der Waals surface area contributed by atoms with Gasteiger partial charge in [-0.2, -0.15) is 0 Å². The minimum absolute atomic E-state index is 0.00913. The molecule has 1 aromatic heterocycles. The molecule has 0 spiro atoms. The quantitative estimate of drug-likeness (QED) is 0.935. The maximum atomic E-state index is 12.6. The molecule has 2 aromatic rings. The average molecular weight is 316 g/mol. The molecule has 1 aliphatic rings. The van der Waals surface area contributed by atoms with Gasteiger partial charge in [-0.3, -0.25) is 0 Å². The number of ether oxygens (including phenoxy) is 2. The highest BCUT2D eigenvalue weighted by Crippen LogP contribution is 2.34. The highest BCUT2D eigenvalue weighted by atomic mass is 16.5. The van der Waals surface area contributed by atoms with Crippen molar-refractivity contribution in [3.63, 3.8) is 0 Å². The van der Waals surface area contributed by atoms with Crippen molar-refractivity contribution < 1.29 is 18.7 Å². The first-order chi connectivity index (χ1) is 11.2. The van der Waals surface area contributed by atoms with E-state index in [2.05, 4.69) is 5.32 Å². The third kappa shape index (κ3) is 3.11. The third-order valence-corrected chi connectivity index (χ3v) is 4.02. The molecule has 3 rings (SSSR count). The van der Waals surface area contributed by atoms with Crippen LogP contribution in [-0.4, -0.2) is 31.7 Å². The molecule has 1 aliphatic heterocycles. The van der Waals surface area contributed by atoms with Crippen LogP contribution in [0.1, 0.15) is 24.6 Å². The van der Waals surface area contributed by atoms with Crippen molar-refractivity contribution in [1.29, 1.82) is 0 Å². The van der Waals surface area contributed by atoms with E-state index in [4.69, 9.17) is 13.9 Å². The van der Waals surface area contributed by atoms with Gasteiger partial charge in [0.25, 0.3) is 0 Å². The highest BCUT2D eigenvalue weighted by molar-refractivity contribution is 5.90. The summed E-state index contributed by atoms with van der Waals surface area (Å²) < 4.78 is 15.9.